The largest absolute Gasteiger partial charge is 0.369 e. The molecule has 0 aliphatic carbocycles. The molecule has 0 amide bonds. The zero-order valence-corrected chi connectivity index (χ0v) is 15.4. The predicted molar refractivity (Wildman–Crippen MR) is 100 cm³/mol. The molecule has 4 rings (SSSR count). The molecule has 2 aromatic rings. The van der Waals surface area contributed by atoms with Gasteiger partial charge in [-0.3, -0.25) is 0 Å². The van der Waals surface area contributed by atoms with Crippen LogP contribution in [0.2, 0.25) is 0 Å². The van der Waals surface area contributed by atoms with E-state index in [1.807, 2.05) is 6.92 Å². The highest BCUT2D eigenvalue weighted by Gasteiger charge is 2.24. The average Bonchev–Trinajstić information content (AvgIpc) is 3.06. The van der Waals surface area contributed by atoms with Crippen molar-refractivity contribution in [2.24, 2.45) is 0 Å². The van der Waals surface area contributed by atoms with Gasteiger partial charge in [0.2, 0.25) is 5.89 Å². The van der Waals surface area contributed by atoms with E-state index in [4.69, 9.17) is 4.52 Å². The Bertz CT molecular complexity index is 726. The van der Waals surface area contributed by atoms with Gasteiger partial charge in [-0.25, -0.2) is 0 Å². The van der Waals surface area contributed by atoms with Crippen molar-refractivity contribution in [1.82, 2.24) is 10.1 Å². The second-order valence-electron chi connectivity index (χ2n) is 7.32. The minimum Gasteiger partial charge on any atom is -0.369 e. The summed E-state index contributed by atoms with van der Waals surface area (Å²) in [5, 5.41) is 3.91. The van der Waals surface area contributed by atoms with E-state index in [0.717, 1.165) is 13.0 Å². The second-order valence-corrected chi connectivity index (χ2v) is 7.32. The van der Waals surface area contributed by atoms with Gasteiger partial charge in [0.1, 0.15) is 0 Å². The van der Waals surface area contributed by atoms with Gasteiger partial charge >= 0.3 is 0 Å². The zero-order valence-electron chi connectivity index (χ0n) is 15.4. The maximum atomic E-state index is 5.32. The van der Waals surface area contributed by atoms with Crippen molar-refractivity contribution in [3.05, 3.63) is 35.5 Å². The van der Waals surface area contributed by atoms with E-state index >= 15 is 0 Å². The van der Waals surface area contributed by atoms with Crippen molar-refractivity contribution in [3.63, 3.8) is 0 Å². The minimum atomic E-state index is 0.702. The average molecular weight is 340 g/mol. The Morgan fingerprint density at radius 1 is 1.20 bits per heavy atom. The maximum Gasteiger partial charge on any atom is 0.246 e. The molecule has 3 heterocycles. The lowest BCUT2D eigenvalue weighted by atomic mass is 9.96. The Morgan fingerprint density at radius 3 is 2.92 bits per heavy atom. The molecule has 134 valence electrons. The van der Waals surface area contributed by atoms with Crippen molar-refractivity contribution in [1.29, 1.82) is 0 Å². The summed E-state index contributed by atoms with van der Waals surface area (Å²) in [6, 6.07) is 7.74. The van der Waals surface area contributed by atoms with E-state index in [9.17, 15) is 0 Å². The summed E-state index contributed by atoms with van der Waals surface area (Å²) in [5.74, 6) is 1.41. The summed E-state index contributed by atoms with van der Waals surface area (Å²) < 4.78 is 5.32. The second kappa shape index (κ2) is 7.06. The zero-order chi connectivity index (χ0) is 17.2. The van der Waals surface area contributed by atoms with Gasteiger partial charge < -0.3 is 14.3 Å². The van der Waals surface area contributed by atoms with Crippen LogP contribution in [0.1, 0.15) is 56.3 Å². The van der Waals surface area contributed by atoms with Gasteiger partial charge in [0.25, 0.3) is 0 Å². The summed E-state index contributed by atoms with van der Waals surface area (Å²) in [6.07, 6.45) is 7.59. The molecule has 1 atom stereocenters. The number of hydrogen-bond acceptors (Lipinski definition) is 5. The van der Waals surface area contributed by atoms with Gasteiger partial charge in [0, 0.05) is 30.5 Å². The Labute approximate surface area is 150 Å². The van der Waals surface area contributed by atoms with Crippen LogP contribution in [0.15, 0.2) is 22.7 Å². The summed E-state index contributed by atoms with van der Waals surface area (Å²) >= 11 is 0. The van der Waals surface area contributed by atoms with Crippen LogP contribution in [-0.4, -0.2) is 29.3 Å². The van der Waals surface area contributed by atoms with Crippen LogP contribution in [0.3, 0.4) is 0 Å². The van der Waals surface area contributed by atoms with Crippen LogP contribution >= 0.6 is 0 Å². The number of piperidine rings is 1. The molecule has 2 aliphatic heterocycles. The molecule has 1 aromatic carbocycles. The van der Waals surface area contributed by atoms with Crippen LogP contribution in [0.25, 0.3) is 0 Å². The molecule has 1 aromatic heterocycles. The first-order chi connectivity index (χ1) is 12.2. The van der Waals surface area contributed by atoms with E-state index in [1.54, 1.807) is 0 Å². The Kier molecular flexibility index (Phi) is 4.64. The first-order valence-electron chi connectivity index (χ1n) is 9.68. The topological polar surface area (TPSA) is 45.4 Å². The predicted octanol–water partition coefficient (Wildman–Crippen LogP) is 4.10. The number of hydrogen-bond donors (Lipinski definition) is 0. The van der Waals surface area contributed by atoms with Crippen molar-refractivity contribution < 1.29 is 4.52 Å². The van der Waals surface area contributed by atoms with E-state index in [-0.39, 0.29) is 0 Å². The quantitative estimate of drug-likeness (QED) is 0.838. The van der Waals surface area contributed by atoms with Crippen molar-refractivity contribution in [2.75, 3.05) is 22.9 Å². The number of nitrogens with zero attached hydrogens (tertiary/aromatic N) is 4. The standard InChI is InChI=1S/C20H28N4O/c1-3-17-8-4-5-12-24(17)18-9-10-19-16(13-18)7-6-11-23(19)14-20-21-15(2)22-25-20/h9-10,13,17H,3-8,11-12,14H2,1-2H3/t17-/m1/s1. The maximum absolute atomic E-state index is 5.32. The fourth-order valence-electron chi connectivity index (χ4n) is 4.34. The van der Waals surface area contributed by atoms with Crippen LogP contribution in [0.5, 0.6) is 0 Å². The first kappa shape index (κ1) is 16.4. The summed E-state index contributed by atoms with van der Waals surface area (Å²) in [5.41, 5.74) is 4.19. The lowest BCUT2D eigenvalue weighted by molar-refractivity contribution is 0.371. The number of anilines is 2. The summed E-state index contributed by atoms with van der Waals surface area (Å²) in [4.78, 5) is 9.37. The van der Waals surface area contributed by atoms with Gasteiger partial charge in [0.05, 0.1) is 6.54 Å². The molecule has 0 radical (unpaired) electrons. The molecule has 0 spiro atoms. The number of aryl methyl sites for hydroxylation is 2. The van der Waals surface area contributed by atoms with Gasteiger partial charge in [-0.2, -0.15) is 4.98 Å². The lowest BCUT2D eigenvalue weighted by Crippen LogP contribution is -2.39. The third-order valence-corrected chi connectivity index (χ3v) is 5.60. The first-order valence-corrected chi connectivity index (χ1v) is 9.68. The van der Waals surface area contributed by atoms with Crippen LogP contribution < -0.4 is 9.80 Å². The number of benzene rings is 1. The van der Waals surface area contributed by atoms with E-state index in [1.165, 1.54) is 55.6 Å². The monoisotopic (exact) mass is 340 g/mol. The molecule has 0 saturated carbocycles. The highest BCUT2D eigenvalue weighted by atomic mass is 16.5. The van der Waals surface area contributed by atoms with E-state index in [0.29, 0.717) is 24.3 Å². The molecule has 2 aliphatic rings. The molecule has 1 saturated heterocycles. The molecule has 25 heavy (non-hydrogen) atoms. The molecular formula is C20H28N4O. The molecule has 0 N–H and O–H groups in total. The molecule has 5 heteroatoms. The fraction of sp³-hybridized carbons (Fsp3) is 0.600. The molecule has 0 unspecified atom stereocenters. The Balaban J connectivity index is 1.57. The van der Waals surface area contributed by atoms with E-state index < -0.39 is 0 Å². The summed E-state index contributed by atoms with van der Waals surface area (Å²) in [6.45, 7) is 7.13. The van der Waals surface area contributed by atoms with Crippen LogP contribution in [-0.2, 0) is 13.0 Å². The summed E-state index contributed by atoms with van der Waals surface area (Å²) in [7, 11) is 0. The molecular weight excluding hydrogens is 312 g/mol. The number of fused-ring (bicyclic) bond motifs is 1. The fourth-order valence-corrected chi connectivity index (χ4v) is 4.34. The normalized spacial score (nSPS) is 20.6. The van der Waals surface area contributed by atoms with Gasteiger partial charge in [-0.15, -0.1) is 0 Å². The minimum absolute atomic E-state index is 0.702. The smallest absolute Gasteiger partial charge is 0.246 e. The van der Waals surface area contributed by atoms with Crippen LogP contribution in [0.4, 0.5) is 11.4 Å². The van der Waals surface area contributed by atoms with Gasteiger partial charge in [-0.05, 0) is 69.2 Å². The van der Waals surface area contributed by atoms with E-state index in [2.05, 4.69) is 45.1 Å². The number of rotatable bonds is 4. The van der Waals surface area contributed by atoms with Crippen molar-refractivity contribution in [3.8, 4) is 0 Å². The van der Waals surface area contributed by atoms with Crippen LogP contribution in [0, 0.1) is 6.92 Å². The highest BCUT2D eigenvalue weighted by Crippen LogP contribution is 2.34. The highest BCUT2D eigenvalue weighted by molar-refractivity contribution is 5.63. The third kappa shape index (κ3) is 3.37. The lowest BCUT2D eigenvalue weighted by Gasteiger charge is -2.38. The van der Waals surface area contributed by atoms with Gasteiger partial charge in [-0.1, -0.05) is 12.1 Å². The third-order valence-electron chi connectivity index (χ3n) is 5.60. The van der Waals surface area contributed by atoms with Gasteiger partial charge in [0.15, 0.2) is 5.82 Å². The number of aromatic nitrogens is 2. The Morgan fingerprint density at radius 2 is 2.12 bits per heavy atom. The molecule has 0 bridgehead atoms. The Hall–Kier alpha value is -2.04. The molecule has 5 nitrogen and oxygen atoms in total. The van der Waals surface area contributed by atoms with Crippen molar-refractivity contribution >= 4 is 11.4 Å². The molecule has 1 fully saturated rings. The van der Waals surface area contributed by atoms with Crippen molar-refractivity contribution in [2.45, 2.75) is 65.0 Å². The SMILES string of the molecule is CC[C@@H]1CCCCN1c1ccc2c(c1)CCCN2Cc1nc(C)no1.